The summed E-state index contributed by atoms with van der Waals surface area (Å²) in [7, 11) is 0. The second-order valence-electron chi connectivity index (χ2n) is 4.60. The van der Waals surface area contributed by atoms with Gasteiger partial charge in [0.25, 0.3) is 0 Å². The lowest BCUT2D eigenvalue weighted by atomic mass is 10.1. The van der Waals surface area contributed by atoms with Crippen LogP contribution in [0.1, 0.15) is 31.9 Å². The van der Waals surface area contributed by atoms with Gasteiger partial charge in [-0.25, -0.2) is 4.98 Å². The van der Waals surface area contributed by atoms with Gasteiger partial charge in [-0.05, 0) is 38.0 Å². The molecule has 0 radical (unpaired) electrons. The fraction of sp³-hybridized carbons (Fsp3) is 0.615. The number of hydrogen-bond donors (Lipinski definition) is 1. The van der Waals surface area contributed by atoms with Gasteiger partial charge in [0.15, 0.2) is 0 Å². The van der Waals surface area contributed by atoms with Crippen molar-refractivity contribution < 1.29 is 9.84 Å². The zero-order valence-electron chi connectivity index (χ0n) is 10.5. The van der Waals surface area contributed by atoms with E-state index < -0.39 is 6.10 Å². The van der Waals surface area contributed by atoms with E-state index in [1.165, 1.54) is 0 Å². The quantitative estimate of drug-likeness (QED) is 0.849. The predicted octanol–water partition coefficient (Wildman–Crippen LogP) is 1.75. The summed E-state index contributed by atoms with van der Waals surface area (Å²) in [6.45, 7) is 6.48. The van der Waals surface area contributed by atoms with Crippen LogP contribution in [0.3, 0.4) is 0 Å². The molecule has 0 aliphatic carbocycles. The van der Waals surface area contributed by atoms with E-state index >= 15 is 0 Å². The normalized spacial score (nSPS) is 23.2. The van der Waals surface area contributed by atoms with E-state index in [2.05, 4.69) is 16.8 Å². The van der Waals surface area contributed by atoms with Gasteiger partial charge < -0.3 is 14.7 Å². The summed E-state index contributed by atoms with van der Waals surface area (Å²) < 4.78 is 5.61. The van der Waals surface area contributed by atoms with E-state index in [-0.39, 0.29) is 6.10 Å². The summed E-state index contributed by atoms with van der Waals surface area (Å²) in [5.74, 6) is 0.931. The zero-order chi connectivity index (χ0) is 12.3. The number of anilines is 1. The van der Waals surface area contributed by atoms with Crippen LogP contribution in [0.5, 0.6) is 0 Å². The Morgan fingerprint density at radius 2 is 2.41 bits per heavy atom. The van der Waals surface area contributed by atoms with Crippen LogP contribution in [0.15, 0.2) is 18.3 Å². The minimum Gasteiger partial charge on any atom is -0.389 e. The SMILES string of the molecule is CC1CN(c2cc([C@@H](C)O)ccn2)CCCO1. The zero-order valence-corrected chi connectivity index (χ0v) is 10.5. The molecule has 17 heavy (non-hydrogen) atoms. The van der Waals surface area contributed by atoms with Gasteiger partial charge in [-0.3, -0.25) is 0 Å². The third-order valence-electron chi connectivity index (χ3n) is 3.03. The first-order valence-electron chi connectivity index (χ1n) is 6.17. The lowest BCUT2D eigenvalue weighted by Gasteiger charge is -2.23. The van der Waals surface area contributed by atoms with E-state index in [4.69, 9.17) is 4.74 Å². The van der Waals surface area contributed by atoms with Crippen LogP contribution in [0, 0.1) is 0 Å². The molecule has 1 aliphatic rings. The second kappa shape index (κ2) is 5.47. The van der Waals surface area contributed by atoms with E-state index in [0.29, 0.717) is 0 Å². The number of aromatic nitrogens is 1. The summed E-state index contributed by atoms with van der Waals surface area (Å²) in [6, 6.07) is 3.81. The van der Waals surface area contributed by atoms with Crippen molar-refractivity contribution in [2.45, 2.75) is 32.5 Å². The maximum absolute atomic E-state index is 9.58. The Hall–Kier alpha value is -1.13. The Balaban J connectivity index is 2.17. The van der Waals surface area contributed by atoms with Crippen LogP contribution in [0.4, 0.5) is 5.82 Å². The Morgan fingerprint density at radius 3 is 3.18 bits per heavy atom. The standard InChI is InChI=1S/C13H20N2O2/c1-10-9-15(6-3-7-17-10)13-8-12(11(2)16)4-5-14-13/h4-5,8,10-11,16H,3,6-7,9H2,1-2H3/t10?,11-/m1/s1. The lowest BCUT2D eigenvalue weighted by Crippen LogP contribution is -2.30. The number of aliphatic hydroxyl groups is 1. The van der Waals surface area contributed by atoms with Crippen LogP contribution in [0.2, 0.25) is 0 Å². The van der Waals surface area contributed by atoms with Crippen molar-refractivity contribution in [3.63, 3.8) is 0 Å². The highest BCUT2D eigenvalue weighted by molar-refractivity contribution is 5.41. The third kappa shape index (κ3) is 3.17. The van der Waals surface area contributed by atoms with Crippen molar-refractivity contribution in [2.75, 3.05) is 24.6 Å². The molecular weight excluding hydrogens is 216 g/mol. The molecule has 1 fully saturated rings. The van der Waals surface area contributed by atoms with Gasteiger partial charge in [0.2, 0.25) is 0 Å². The van der Waals surface area contributed by atoms with Gasteiger partial charge in [-0.2, -0.15) is 0 Å². The highest BCUT2D eigenvalue weighted by Crippen LogP contribution is 2.19. The number of aliphatic hydroxyl groups excluding tert-OH is 1. The molecule has 0 spiro atoms. The summed E-state index contributed by atoms with van der Waals surface area (Å²) in [5, 5.41) is 9.58. The minimum absolute atomic E-state index is 0.231. The molecule has 2 atom stereocenters. The van der Waals surface area contributed by atoms with Gasteiger partial charge >= 0.3 is 0 Å². The van der Waals surface area contributed by atoms with Gasteiger partial charge in [0.1, 0.15) is 5.82 Å². The summed E-state index contributed by atoms with van der Waals surface area (Å²) >= 11 is 0. The molecule has 94 valence electrons. The second-order valence-corrected chi connectivity index (χ2v) is 4.60. The molecule has 1 aromatic heterocycles. The van der Waals surface area contributed by atoms with Crippen molar-refractivity contribution in [2.24, 2.45) is 0 Å². The fourth-order valence-electron chi connectivity index (χ4n) is 2.07. The topological polar surface area (TPSA) is 45.6 Å². The highest BCUT2D eigenvalue weighted by Gasteiger charge is 2.16. The average Bonchev–Trinajstić information content (AvgIpc) is 2.54. The number of ether oxygens (including phenoxy) is 1. The van der Waals surface area contributed by atoms with Crippen molar-refractivity contribution in [1.29, 1.82) is 0 Å². The molecule has 0 bridgehead atoms. The highest BCUT2D eigenvalue weighted by atomic mass is 16.5. The first-order valence-corrected chi connectivity index (χ1v) is 6.17. The molecule has 1 aliphatic heterocycles. The Morgan fingerprint density at radius 1 is 1.59 bits per heavy atom. The smallest absolute Gasteiger partial charge is 0.128 e. The van der Waals surface area contributed by atoms with E-state index in [0.717, 1.165) is 37.5 Å². The molecular formula is C13H20N2O2. The number of nitrogens with zero attached hydrogens (tertiary/aromatic N) is 2. The predicted molar refractivity (Wildman–Crippen MR) is 67.1 cm³/mol. The molecule has 2 rings (SSSR count). The number of hydrogen-bond acceptors (Lipinski definition) is 4. The van der Waals surface area contributed by atoms with E-state index in [9.17, 15) is 5.11 Å². The van der Waals surface area contributed by atoms with Crippen molar-refractivity contribution in [3.05, 3.63) is 23.9 Å². The Labute approximate surface area is 102 Å². The molecule has 1 saturated heterocycles. The Bertz CT molecular complexity index is 368. The summed E-state index contributed by atoms with van der Waals surface area (Å²) in [6.07, 6.45) is 2.56. The van der Waals surface area contributed by atoms with Crippen LogP contribution in [-0.2, 0) is 4.74 Å². The largest absolute Gasteiger partial charge is 0.389 e. The van der Waals surface area contributed by atoms with Crippen LogP contribution < -0.4 is 4.90 Å². The number of rotatable bonds is 2. The lowest BCUT2D eigenvalue weighted by molar-refractivity contribution is 0.0820. The van der Waals surface area contributed by atoms with Crippen molar-refractivity contribution >= 4 is 5.82 Å². The Kier molecular flexibility index (Phi) is 3.97. The van der Waals surface area contributed by atoms with Crippen molar-refractivity contribution in [3.8, 4) is 0 Å². The fourth-order valence-corrected chi connectivity index (χ4v) is 2.07. The molecule has 2 heterocycles. The van der Waals surface area contributed by atoms with Crippen LogP contribution in [0.25, 0.3) is 0 Å². The molecule has 1 unspecified atom stereocenters. The van der Waals surface area contributed by atoms with E-state index in [1.807, 2.05) is 12.1 Å². The third-order valence-corrected chi connectivity index (χ3v) is 3.03. The summed E-state index contributed by atoms with van der Waals surface area (Å²) in [5.41, 5.74) is 0.910. The first-order chi connectivity index (χ1) is 8.16. The number of pyridine rings is 1. The molecule has 0 saturated carbocycles. The molecule has 1 aromatic rings. The van der Waals surface area contributed by atoms with Gasteiger partial charge in [-0.15, -0.1) is 0 Å². The molecule has 4 heteroatoms. The first kappa shape index (κ1) is 12.3. The van der Waals surface area contributed by atoms with Gasteiger partial charge in [0, 0.05) is 25.9 Å². The minimum atomic E-state index is -0.447. The average molecular weight is 236 g/mol. The monoisotopic (exact) mass is 236 g/mol. The molecule has 0 amide bonds. The maximum atomic E-state index is 9.58. The molecule has 1 N–H and O–H groups in total. The van der Waals surface area contributed by atoms with Crippen LogP contribution in [-0.4, -0.2) is 35.9 Å². The van der Waals surface area contributed by atoms with E-state index in [1.54, 1.807) is 13.1 Å². The summed E-state index contributed by atoms with van der Waals surface area (Å²) in [4.78, 5) is 6.61. The van der Waals surface area contributed by atoms with Gasteiger partial charge in [-0.1, -0.05) is 0 Å². The van der Waals surface area contributed by atoms with Gasteiger partial charge in [0.05, 0.1) is 12.2 Å². The maximum Gasteiger partial charge on any atom is 0.128 e. The molecule has 0 aromatic carbocycles. The van der Waals surface area contributed by atoms with Crippen LogP contribution >= 0.6 is 0 Å². The molecule has 4 nitrogen and oxygen atoms in total. The van der Waals surface area contributed by atoms with Crippen molar-refractivity contribution in [1.82, 2.24) is 4.98 Å².